The van der Waals surface area contributed by atoms with Crippen molar-refractivity contribution < 1.29 is 19.8 Å². The first-order valence-corrected chi connectivity index (χ1v) is 6.33. The van der Waals surface area contributed by atoms with Crippen molar-refractivity contribution in [2.24, 2.45) is 0 Å². The van der Waals surface area contributed by atoms with Gasteiger partial charge in [-0.15, -0.1) is 0 Å². The molecule has 0 aliphatic carbocycles. The van der Waals surface area contributed by atoms with Crippen LogP contribution >= 0.6 is 0 Å². The molecule has 0 radical (unpaired) electrons. The van der Waals surface area contributed by atoms with Crippen LogP contribution < -0.4 is 10.6 Å². The lowest BCUT2D eigenvalue weighted by molar-refractivity contribution is -0.141. The number of hydrogen-bond donors (Lipinski definition) is 4. The molecule has 112 valence electrons. The second-order valence-electron chi connectivity index (χ2n) is 5.19. The molecule has 7 nitrogen and oxygen atoms in total. The normalized spacial score (nSPS) is 13.9. The minimum atomic E-state index is -1.44. The monoisotopic (exact) mass is 275 g/mol. The molecule has 7 heteroatoms. The van der Waals surface area contributed by atoms with Gasteiger partial charge >= 0.3 is 12.0 Å². The molecule has 1 unspecified atom stereocenters. The van der Waals surface area contributed by atoms with Crippen LogP contribution in [0.4, 0.5) is 4.79 Å². The molecule has 2 amide bonds. The molecule has 0 aliphatic heterocycles. The Morgan fingerprint density at radius 2 is 1.84 bits per heavy atom. The van der Waals surface area contributed by atoms with E-state index in [9.17, 15) is 14.7 Å². The van der Waals surface area contributed by atoms with Gasteiger partial charge < -0.3 is 25.7 Å². The van der Waals surface area contributed by atoms with Crippen LogP contribution in [0.2, 0.25) is 0 Å². The van der Waals surface area contributed by atoms with E-state index in [2.05, 4.69) is 15.5 Å². The van der Waals surface area contributed by atoms with Gasteiger partial charge in [-0.1, -0.05) is 0 Å². The summed E-state index contributed by atoms with van der Waals surface area (Å²) in [5.41, 5.74) is -1.44. The van der Waals surface area contributed by atoms with E-state index in [1.807, 2.05) is 14.1 Å². The summed E-state index contributed by atoms with van der Waals surface area (Å²) in [5, 5.41) is 23.4. The molecule has 0 aromatic heterocycles. The van der Waals surface area contributed by atoms with E-state index in [0.717, 1.165) is 19.4 Å². The molecule has 0 aliphatic rings. The Balaban J connectivity index is 3.67. The second kappa shape index (κ2) is 8.71. The highest BCUT2D eigenvalue weighted by Crippen LogP contribution is 2.06. The number of unbranched alkanes of at least 4 members (excludes halogenated alkanes) is 1. The smallest absolute Gasteiger partial charge is 0.314 e. The number of carboxylic acids is 1. The summed E-state index contributed by atoms with van der Waals surface area (Å²) in [6, 6.07) is -0.393. The number of amides is 2. The molecule has 0 bridgehead atoms. The molecule has 1 atom stereocenters. The Labute approximate surface area is 114 Å². The Morgan fingerprint density at radius 3 is 2.37 bits per heavy atom. The third-order valence-corrected chi connectivity index (χ3v) is 2.48. The highest BCUT2D eigenvalue weighted by atomic mass is 16.4. The van der Waals surface area contributed by atoms with Gasteiger partial charge in [0.15, 0.2) is 0 Å². The standard InChI is InChI=1S/C12H25N3O4/c1-12(19,8-10(16)17)9-14-11(18)13-6-4-5-7-15(2)3/h19H,4-9H2,1-3H3,(H,16,17)(H2,13,14,18). The van der Waals surface area contributed by atoms with Gasteiger partial charge in [-0.25, -0.2) is 4.79 Å². The predicted octanol–water partition coefficient (Wildman–Crippen LogP) is -0.147. The SMILES string of the molecule is CN(C)CCCCNC(=O)NCC(C)(O)CC(=O)O. The van der Waals surface area contributed by atoms with Crippen molar-refractivity contribution in [2.75, 3.05) is 33.7 Å². The van der Waals surface area contributed by atoms with Crippen LogP contribution in [0.5, 0.6) is 0 Å². The van der Waals surface area contributed by atoms with Gasteiger partial charge in [0.1, 0.15) is 0 Å². The fraction of sp³-hybridized carbons (Fsp3) is 0.833. The predicted molar refractivity (Wildman–Crippen MR) is 72.1 cm³/mol. The lowest BCUT2D eigenvalue weighted by Gasteiger charge is -2.21. The first-order chi connectivity index (χ1) is 8.73. The highest BCUT2D eigenvalue weighted by Gasteiger charge is 2.24. The Bertz CT molecular complexity index is 293. The number of rotatable bonds is 9. The number of urea groups is 1. The molecule has 19 heavy (non-hydrogen) atoms. The zero-order valence-corrected chi connectivity index (χ0v) is 11.9. The van der Waals surface area contributed by atoms with Crippen molar-refractivity contribution in [2.45, 2.75) is 31.8 Å². The Kier molecular flexibility index (Phi) is 8.09. The van der Waals surface area contributed by atoms with Crippen LogP contribution in [-0.2, 0) is 4.79 Å². The quantitative estimate of drug-likeness (QED) is 0.438. The van der Waals surface area contributed by atoms with Gasteiger partial charge in [0, 0.05) is 13.1 Å². The number of carbonyl (C=O) groups excluding carboxylic acids is 1. The number of aliphatic carboxylic acids is 1. The zero-order valence-electron chi connectivity index (χ0n) is 11.9. The summed E-state index contributed by atoms with van der Waals surface area (Å²) in [7, 11) is 3.98. The maximum Gasteiger partial charge on any atom is 0.314 e. The molecule has 0 aromatic rings. The minimum absolute atomic E-state index is 0.0944. The number of aliphatic hydroxyl groups is 1. The van der Waals surface area contributed by atoms with E-state index in [1.54, 1.807) is 0 Å². The van der Waals surface area contributed by atoms with Crippen molar-refractivity contribution in [3.8, 4) is 0 Å². The van der Waals surface area contributed by atoms with Crippen molar-refractivity contribution >= 4 is 12.0 Å². The zero-order chi connectivity index (χ0) is 14.9. The molecule has 0 saturated carbocycles. The summed E-state index contributed by atoms with van der Waals surface area (Å²) in [5.74, 6) is -1.10. The fourth-order valence-corrected chi connectivity index (χ4v) is 1.48. The lowest BCUT2D eigenvalue weighted by atomic mass is 10.0. The van der Waals surface area contributed by atoms with E-state index in [-0.39, 0.29) is 6.54 Å². The average molecular weight is 275 g/mol. The second-order valence-corrected chi connectivity index (χ2v) is 5.19. The summed E-state index contributed by atoms with van der Waals surface area (Å²) in [6.07, 6.45) is 1.46. The van der Waals surface area contributed by atoms with Gasteiger partial charge in [0.2, 0.25) is 0 Å². The maximum atomic E-state index is 11.4. The van der Waals surface area contributed by atoms with Gasteiger partial charge in [-0.3, -0.25) is 4.79 Å². The van der Waals surface area contributed by atoms with Gasteiger partial charge in [0.05, 0.1) is 12.0 Å². The van der Waals surface area contributed by atoms with Gasteiger partial charge in [-0.2, -0.15) is 0 Å². The first-order valence-electron chi connectivity index (χ1n) is 6.33. The average Bonchev–Trinajstić information content (AvgIpc) is 2.24. The van der Waals surface area contributed by atoms with Crippen molar-refractivity contribution in [1.82, 2.24) is 15.5 Å². The van der Waals surface area contributed by atoms with E-state index in [0.29, 0.717) is 6.54 Å². The van der Waals surface area contributed by atoms with Crippen LogP contribution in [0, 0.1) is 0 Å². The Hall–Kier alpha value is -1.34. The Morgan fingerprint density at radius 1 is 1.21 bits per heavy atom. The third-order valence-electron chi connectivity index (χ3n) is 2.48. The molecule has 0 heterocycles. The molecule has 0 rings (SSSR count). The van der Waals surface area contributed by atoms with Crippen molar-refractivity contribution in [3.05, 3.63) is 0 Å². The molecule has 0 saturated heterocycles. The summed E-state index contributed by atoms with van der Waals surface area (Å²) >= 11 is 0. The first kappa shape index (κ1) is 17.7. The molecule has 0 spiro atoms. The van der Waals surface area contributed by atoms with Crippen LogP contribution in [0.25, 0.3) is 0 Å². The highest BCUT2D eigenvalue weighted by molar-refractivity contribution is 5.74. The van der Waals surface area contributed by atoms with Crippen LogP contribution in [0.1, 0.15) is 26.2 Å². The van der Waals surface area contributed by atoms with E-state index >= 15 is 0 Å². The van der Waals surface area contributed by atoms with Crippen LogP contribution in [0.3, 0.4) is 0 Å². The van der Waals surface area contributed by atoms with Crippen LogP contribution in [0.15, 0.2) is 0 Å². The lowest BCUT2D eigenvalue weighted by Crippen LogP contribution is -2.46. The van der Waals surface area contributed by atoms with Crippen molar-refractivity contribution in [1.29, 1.82) is 0 Å². The number of nitrogens with one attached hydrogen (secondary N) is 2. The van der Waals surface area contributed by atoms with Crippen molar-refractivity contribution in [3.63, 3.8) is 0 Å². The molecular formula is C12H25N3O4. The van der Waals surface area contributed by atoms with Gasteiger partial charge in [-0.05, 0) is 40.4 Å². The summed E-state index contributed by atoms with van der Waals surface area (Å²) < 4.78 is 0. The maximum absolute atomic E-state index is 11.4. The van der Waals surface area contributed by atoms with Crippen LogP contribution in [-0.4, -0.2) is 66.4 Å². The molecule has 0 aromatic carbocycles. The van der Waals surface area contributed by atoms with E-state index < -0.39 is 24.0 Å². The number of carbonyl (C=O) groups is 2. The summed E-state index contributed by atoms with van der Waals surface area (Å²) in [6.45, 7) is 2.80. The number of hydrogen-bond acceptors (Lipinski definition) is 4. The topological polar surface area (TPSA) is 102 Å². The number of nitrogens with zero attached hydrogens (tertiary/aromatic N) is 1. The number of carboxylic acid groups (broad SMARTS) is 1. The molecule has 0 fully saturated rings. The fourth-order valence-electron chi connectivity index (χ4n) is 1.48. The summed E-state index contributed by atoms with van der Waals surface area (Å²) in [4.78, 5) is 23.9. The van der Waals surface area contributed by atoms with E-state index in [1.165, 1.54) is 6.92 Å². The minimum Gasteiger partial charge on any atom is -0.481 e. The molecular weight excluding hydrogens is 250 g/mol. The third kappa shape index (κ3) is 11.5. The largest absolute Gasteiger partial charge is 0.481 e. The molecule has 4 N–H and O–H groups in total. The van der Waals surface area contributed by atoms with Gasteiger partial charge in [0.25, 0.3) is 0 Å². The van der Waals surface area contributed by atoms with E-state index in [4.69, 9.17) is 5.11 Å².